The predicted octanol–water partition coefficient (Wildman–Crippen LogP) is 4.20. The average Bonchev–Trinajstić information content (AvgIpc) is 3.08. The van der Waals surface area contributed by atoms with Crippen molar-refractivity contribution < 1.29 is 24.2 Å². The van der Waals surface area contributed by atoms with E-state index in [9.17, 15) is 14.7 Å². The summed E-state index contributed by atoms with van der Waals surface area (Å²) in [4.78, 5) is 29.9. The maximum Gasteiger partial charge on any atom is 0.295 e. The van der Waals surface area contributed by atoms with Crippen molar-refractivity contribution in [3.05, 3.63) is 64.7 Å². The molecule has 1 fully saturated rings. The van der Waals surface area contributed by atoms with Crippen LogP contribution >= 0.6 is 0 Å². The van der Waals surface area contributed by atoms with Gasteiger partial charge in [0.1, 0.15) is 17.3 Å². The Labute approximate surface area is 201 Å². The summed E-state index contributed by atoms with van der Waals surface area (Å²) in [5.74, 6) is 0.0728. The first-order chi connectivity index (χ1) is 16.2. The second kappa shape index (κ2) is 10.7. The average molecular weight is 467 g/mol. The van der Waals surface area contributed by atoms with E-state index >= 15 is 0 Å². The molecule has 0 bridgehead atoms. The highest BCUT2D eigenvalue weighted by molar-refractivity contribution is 6.46. The number of Topliss-reactive ketones (excluding diaryl/α,β-unsaturated/α-hetero) is 1. The van der Waals surface area contributed by atoms with E-state index in [1.807, 2.05) is 51.0 Å². The predicted molar refractivity (Wildman–Crippen MR) is 132 cm³/mol. The molecular weight excluding hydrogens is 432 g/mol. The Bertz CT molecular complexity index is 1070. The third-order valence-corrected chi connectivity index (χ3v) is 6.10. The van der Waals surface area contributed by atoms with Crippen LogP contribution in [0, 0.1) is 0 Å². The number of hydrogen-bond acceptors (Lipinski definition) is 6. The number of hydrogen-bond donors (Lipinski definition) is 1. The fourth-order valence-corrected chi connectivity index (χ4v) is 4.29. The molecule has 1 N–H and O–H groups in total. The number of nitrogens with zero attached hydrogens (tertiary/aromatic N) is 2. The van der Waals surface area contributed by atoms with Crippen LogP contribution in [0.15, 0.2) is 48.0 Å². The molecular formula is C27H34N2O5. The Morgan fingerprint density at radius 2 is 1.74 bits per heavy atom. The summed E-state index contributed by atoms with van der Waals surface area (Å²) in [6.07, 6.45) is 0.701. The molecule has 0 saturated carbocycles. The molecule has 1 aliphatic rings. The zero-order chi connectivity index (χ0) is 25.0. The van der Waals surface area contributed by atoms with E-state index in [4.69, 9.17) is 9.47 Å². The van der Waals surface area contributed by atoms with Crippen LogP contribution in [0.25, 0.3) is 5.76 Å². The van der Waals surface area contributed by atoms with E-state index in [0.29, 0.717) is 30.0 Å². The topological polar surface area (TPSA) is 79.3 Å². The summed E-state index contributed by atoms with van der Waals surface area (Å²) in [5.41, 5.74) is 2.23. The first kappa shape index (κ1) is 25.3. The van der Waals surface area contributed by atoms with Crippen molar-refractivity contribution in [1.82, 2.24) is 9.80 Å². The molecule has 1 aliphatic heterocycles. The highest BCUT2D eigenvalue weighted by atomic mass is 16.5. The number of carbonyl (C=O) groups excluding carboxylic acids is 2. The van der Waals surface area contributed by atoms with Gasteiger partial charge in [-0.2, -0.15) is 0 Å². The van der Waals surface area contributed by atoms with Gasteiger partial charge in [-0.1, -0.05) is 26.0 Å². The van der Waals surface area contributed by atoms with E-state index in [1.165, 1.54) is 0 Å². The summed E-state index contributed by atoms with van der Waals surface area (Å²) in [6, 6.07) is 11.9. The largest absolute Gasteiger partial charge is 0.507 e. The maximum atomic E-state index is 13.2. The molecule has 1 atom stereocenters. The van der Waals surface area contributed by atoms with E-state index in [1.54, 1.807) is 43.4 Å². The molecule has 3 rings (SSSR count). The SMILES string of the molecule is COc1ccc(C2/C(=C(/O)c3ccc(OC)c(C(C)C)c3)C(=O)C(=O)N2CCCN(C)C)cc1. The first-order valence-corrected chi connectivity index (χ1v) is 11.4. The molecule has 2 aromatic rings. The first-order valence-electron chi connectivity index (χ1n) is 11.4. The fourth-order valence-electron chi connectivity index (χ4n) is 4.29. The number of amides is 1. The molecule has 2 aromatic carbocycles. The van der Waals surface area contributed by atoms with Crippen LogP contribution < -0.4 is 9.47 Å². The molecule has 7 nitrogen and oxygen atoms in total. The molecule has 7 heteroatoms. The molecule has 182 valence electrons. The summed E-state index contributed by atoms with van der Waals surface area (Å²) < 4.78 is 10.7. The van der Waals surface area contributed by atoms with Crippen LogP contribution in [-0.2, 0) is 9.59 Å². The van der Waals surface area contributed by atoms with Gasteiger partial charge in [0.25, 0.3) is 11.7 Å². The van der Waals surface area contributed by atoms with Crippen LogP contribution in [0.5, 0.6) is 11.5 Å². The molecule has 0 aliphatic carbocycles. The van der Waals surface area contributed by atoms with Crippen molar-refractivity contribution in [2.45, 2.75) is 32.2 Å². The fraction of sp³-hybridized carbons (Fsp3) is 0.407. The number of rotatable bonds is 9. The van der Waals surface area contributed by atoms with Crippen molar-refractivity contribution in [2.75, 3.05) is 41.4 Å². The lowest BCUT2D eigenvalue weighted by Crippen LogP contribution is -2.32. The Hall–Kier alpha value is -3.32. The second-order valence-corrected chi connectivity index (χ2v) is 9.03. The zero-order valence-corrected chi connectivity index (χ0v) is 20.8. The lowest BCUT2D eigenvalue weighted by Gasteiger charge is -2.26. The summed E-state index contributed by atoms with van der Waals surface area (Å²) >= 11 is 0. The van der Waals surface area contributed by atoms with Gasteiger partial charge in [-0.25, -0.2) is 0 Å². The molecule has 0 spiro atoms. The van der Waals surface area contributed by atoms with E-state index in [2.05, 4.69) is 0 Å². The number of ketones is 1. The monoisotopic (exact) mass is 466 g/mol. The van der Waals surface area contributed by atoms with Crippen LogP contribution in [0.4, 0.5) is 0 Å². The van der Waals surface area contributed by atoms with Gasteiger partial charge in [0.15, 0.2) is 0 Å². The molecule has 1 unspecified atom stereocenters. The van der Waals surface area contributed by atoms with Gasteiger partial charge in [0.05, 0.1) is 25.8 Å². The summed E-state index contributed by atoms with van der Waals surface area (Å²) in [6.45, 7) is 5.23. The van der Waals surface area contributed by atoms with Crippen molar-refractivity contribution in [3.8, 4) is 11.5 Å². The molecule has 0 radical (unpaired) electrons. The number of aliphatic hydroxyl groups excluding tert-OH is 1. The number of ether oxygens (including phenoxy) is 2. The lowest BCUT2D eigenvalue weighted by atomic mass is 9.93. The molecule has 1 amide bonds. The number of methoxy groups -OCH3 is 2. The number of carbonyl (C=O) groups is 2. The standard InChI is InChI=1S/C27H34N2O5/c1-17(2)21-16-19(10-13-22(21)34-6)25(30)23-24(18-8-11-20(33-5)12-9-18)29(27(32)26(23)31)15-7-14-28(3)4/h8-13,16-17,24,30H,7,14-15H2,1-6H3/b25-23-. The highest BCUT2D eigenvalue weighted by Gasteiger charge is 2.45. The minimum absolute atomic E-state index is 0.0971. The van der Waals surface area contributed by atoms with Crippen LogP contribution in [0.2, 0.25) is 0 Å². The minimum Gasteiger partial charge on any atom is -0.507 e. The third-order valence-electron chi connectivity index (χ3n) is 6.10. The van der Waals surface area contributed by atoms with Crippen molar-refractivity contribution >= 4 is 17.4 Å². The van der Waals surface area contributed by atoms with Crippen LogP contribution in [0.1, 0.15) is 48.9 Å². The minimum atomic E-state index is -0.683. The molecule has 0 aromatic heterocycles. The normalized spacial score (nSPS) is 17.6. The van der Waals surface area contributed by atoms with Gasteiger partial charge in [-0.3, -0.25) is 9.59 Å². The van der Waals surface area contributed by atoms with Gasteiger partial charge in [0.2, 0.25) is 0 Å². The molecule has 1 heterocycles. The van der Waals surface area contributed by atoms with Crippen LogP contribution in [-0.4, -0.2) is 68.0 Å². The maximum absolute atomic E-state index is 13.2. The van der Waals surface area contributed by atoms with Gasteiger partial charge in [-0.05, 0) is 74.4 Å². The molecule has 34 heavy (non-hydrogen) atoms. The quantitative estimate of drug-likeness (QED) is 0.339. The van der Waals surface area contributed by atoms with Gasteiger partial charge < -0.3 is 24.4 Å². The Morgan fingerprint density at radius 1 is 1.06 bits per heavy atom. The van der Waals surface area contributed by atoms with Crippen molar-refractivity contribution in [1.29, 1.82) is 0 Å². The van der Waals surface area contributed by atoms with Gasteiger partial charge >= 0.3 is 0 Å². The van der Waals surface area contributed by atoms with E-state index < -0.39 is 17.7 Å². The van der Waals surface area contributed by atoms with Crippen LogP contribution in [0.3, 0.4) is 0 Å². The van der Waals surface area contributed by atoms with Crippen molar-refractivity contribution in [3.63, 3.8) is 0 Å². The Kier molecular flexibility index (Phi) is 7.99. The van der Waals surface area contributed by atoms with E-state index in [0.717, 1.165) is 17.7 Å². The summed E-state index contributed by atoms with van der Waals surface area (Å²) in [5, 5.41) is 11.3. The Morgan fingerprint density at radius 3 is 2.29 bits per heavy atom. The Balaban J connectivity index is 2.13. The van der Waals surface area contributed by atoms with Gasteiger partial charge in [-0.15, -0.1) is 0 Å². The summed E-state index contributed by atoms with van der Waals surface area (Å²) in [7, 11) is 7.11. The van der Waals surface area contributed by atoms with Crippen molar-refractivity contribution in [2.24, 2.45) is 0 Å². The molecule has 1 saturated heterocycles. The highest BCUT2D eigenvalue weighted by Crippen LogP contribution is 2.40. The smallest absolute Gasteiger partial charge is 0.295 e. The third kappa shape index (κ3) is 5.09. The van der Waals surface area contributed by atoms with Gasteiger partial charge in [0, 0.05) is 12.1 Å². The zero-order valence-electron chi connectivity index (χ0n) is 20.8. The van der Waals surface area contributed by atoms with E-state index in [-0.39, 0.29) is 17.3 Å². The number of aliphatic hydroxyl groups is 1. The number of benzene rings is 2. The number of likely N-dealkylation sites (tertiary alicyclic amines) is 1. The lowest BCUT2D eigenvalue weighted by molar-refractivity contribution is -0.139. The second-order valence-electron chi connectivity index (χ2n) is 9.03.